The Kier molecular flexibility index (Phi) is 6.22. The number of nitrogens with one attached hydrogen (secondary N) is 2. The van der Waals surface area contributed by atoms with E-state index in [4.69, 9.17) is 0 Å². The van der Waals surface area contributed by atoms with Crippen LogP contribution in [-0.2, 0) is 4.79 Å². The molecule has 0 aliphatic carbocycles. The summed E-state index contributed by atoms with van der Waals surface area (Å²) in [6.07, 6.45) is 2.13. The van der Waals surface area contributed by atoms with Crippen LogP contribution in [0, 0.1) is 0 Å². The minimum absolute atomic E-state index is 0.0781. The molecule has 1 aromatic rings. The van der Waals surface area contributed by atoms with Crippen LogP contribution in [0.5, 0.6) is 0 Å². The van der Waals surface area contributed by atoms with Gasteiger partial charge in [-0.2, -0.15) is 0 Å². The average molecular weight is 254 g/mol. The lowest BCUT2D eigenvalue weighted by Gasteiger charge is -2.15. The molecule has 2 atom stereocenters. The fourth-order valence-corrected chi connectivity index (χ4v) is 2.47. The summed E-state index contributed by atoms with van der Waals surface area (Å²) in [5.41, 5.74) is 0. The Morgan fingerprint density at radius 3 is 2.82 bits per heavy atom. The third-order valence-corrected chi connectivity index (χ3v) is 3.72. The second kappa shape index (κ2) is 7.45. The van der Waals surface area contributed by atoms with E-state index in [2.05, 4.69) is 35.9 Å². The summed E-state index contributed by atoms with van der Waals surface area (Å²) < 4.78 is 0. The topological polar surface area (TPSA) is 41.1 Å². The molecule has 0 aliphatic rings. The average Bonchev–Trinajstić information content (AvgIpc) is 2.79. The Balaban J connectivity index is 2.24. The predicted molar refractivity (Wildman–Crippen MR) is 73.2 cm³/mol. The van der Waals surface area contributed by atoms with Gasteiger partial charge in [0.25, 0.3) is 0 Å². The molecule has 1 aromatic heterocycles. The molecule has 2 unspecified atom stereocenters. The summed E-state index contributed by atoms with van der Waals surface area (Å²) in [5, 5.41) is 8.27. The predicted octanol–water partition coefficient (Wildman–Crippen LogP) is 2.70. The highest BCUT2D eigenvalue weighted by Crippen LogP contribution is 2.17. The Labute approximate surface area is 108 Å². The fraction of sp³-hybridized carbons (Fsp3) is 0.615. The van der Waals surface area contributed by atoms with E-state index in [-0.39, 0.29) is 18.0 Å². The molecule has 0 saturated heterocycles. The van der Waals surface area contributed by atoms with Crippen molar-refractivity contribution in [2.24, 2.45) is 0 Å². The van der Waals surface area contributed by atoms with E-state index in [0.29, 0.717) is 6.54 Å². The second-order valence-corrected chi connectivity index (χ2v) is 5.35. The molecule has 0 saturated carbocycles. The summed E-state index contributed by atoms with van der Waals surface area (Å²) in [5.74, 6) is 0.0781. The van der Waals surface area contributed by atoms with Gasteiger partial charge in [0.1, 0.15) is 0 Å². The zero-order chi connectivity index (χ0) is 12.7. The highest BCUT2D eigenvalue weighted by Gasteiger charge is 2.09. The van der Waals surface area contributed by atoms with E-state index >= 15 is 0 Å². The lowest BCUT2D eigenvalue weighted by atomic mass is 10.2. The number of carbonyl (C=O) groups is 1. The third kappa shape index (κ3) is 5.33. The minimum atomic E-state index is 0.0781. The highest BCUT2D eigenvalue weighted by molar-refractivity contribution is 7.10. The third-order valence-electron chi connectivity index (χ3n) is 2.67. The Morgan fingerprint density at radius 1 is 1.47 bits per heavy atom. The van der Waals surface area contributed by atoms with Crippen molar-refractivity contribution in [3.8, 4) is 0 Å². The Bertz CT molecular complexity index is 324. The molecule has 0 bridgehead atoms. The molecule has 1 heterocycles. The molecule has 2 N–H and O–H groups in total. The quantitative estimate of drug-likeness (QED) is 0.785. The molecule has 1 amide bonds. The van der Waals surface area contributed by atoms with Crippen LogP contribution in [0.25, 0.3) is 0 Å². The number of hydrogen-bond acceptors (Lipinski definition) is 3. The fourth-order valence-electron chi connectivity index (χ4n) is 1.72. The van der Waals surface area contributed by atoms with Crippen molar-refractivity contribution in [2.75, 3.05) is 6.54 Å². The van der Waals surface area contributed by atoms with Gasteiger partial charge >= 0.3 is 0 Å². The first-order valence-corrected chi connectivity index (χ1v) is 7.07. The van der Waals surface area contributed by atoms with Crippen LogP contribution in [0.1, 0.15) is 44.5 Å². The summed E-state index contributed by atoms with van der Waals surface area (Å²) in [6.45, 7) is 6.63. The molecule has 3 nitrogen and oxygen atoms in total. The van der Waals surface area contributed by atoms with E-state index in [1.807, 2.05) is 13.0 Å². The van der Waals surface area contributed by atoms with Gasteiger partial charge in [0.2, 0.25) is 5.91 Å². The molecule has 17 heavy (non-hydrogen) atoms. The van der Waals surface area contributed by atoms with Crippen LogP contribution in [-0.4, -0.2) is 18.5 Å². The molecule has 0 aromatic carbocycles. The molecule has 0 aliphatic heterocycles. The molecule has 4 heteroatoms. The van der Waals surface area contributed by atoms with Crippen molar-refractivity contribution >= 4 is 17.2 Å². The summed E-state index contributed by atoms with van der Waals surface area (Å²) in [6, 6.07) is 4.62. The van der Waals surface area contributed by atoms with Crippen LogP contribution in [0.3, 0.4) is 0 Å². The monoisotopic (exact) mass is 254 g/mol. The zero-order valence-corrected chi connectivity index (χ0v) is 11.6. The summed E-state index contributed by atoms with van der Waals surface area (Å²) >= 11 is 1.71. The number of rotatable bonds is 7. The first-order valence-electron chi connectivity index (χ1n) is 6.19. The maximum atomic E-state index is 11.6. The maximum Gasteiger partial charge on any atom is 0.234 e. The number of hydrogen-bond donors (Lipinski definition) is 2. The van der Waals surface area contributed by atoms with Crippen molar-refractivity contribution in [2.45, 2.75) is 45.7 Å². The molecular formula is C13H22N2OS. The summed E-state index contributed by atoms with van der Waals surface area (Å²) in [4.78, 5) is 12.9. The van der Waals surface area contributed by atoms with E-state index < -0.39 is 0 Å². The van der Waals surface area contributed by atoms with Gasteiger partial charge < -0.3 is 10.6 Å². The van der Waals surface area contributed by atoms with Gasteiger partial charge in [0.15, 0.2) is 0 Å². The van der Waals surface area contributed by atoms with Crippen LogP contribution in [0.15, 0.2) is 17.5 Å². The standard InChI is InChI=1S/C13H22N2OS/c1-4-6-10(2)15-13(16)9-14-11(3)12-7-5-8-17-12/h5,7-8,10-11,14H,4,6,9H2,1-3H3,(H,15,16). The van der Waals surface area contributed by atoms with Gasteiger partial charge in [-0.3, -0.25) is 4.79 Å². The van der Waals surface area contributed by atoms with Gasteiger partial charge in [-0.05, 0) is 31.7 Å². The SMILES string of the molecule is CCCC(C)NC(=O)CNC(C)c1cccs1. The number of amides is 1. The molecule has 1 rings (SSSR count). The van der Waals surface area contributed by atoms with Gasteiger partial charge in [-0.15, -0.1) is 11.3 Å². The van der Waals surface area contributed by atoms with E-state index in [0.717, 1.165) is 12.8 Å². The zero-order valence-electron chi connectivity index (χ0n) is 10.8. The lowest BCUT2D eigenvalue weighted by Crippen LogP contribution is -2.39. The molecule has 96 valence electrons. The first-order chi connectivity index (χ1) is 8.13. The van der Waals surface area contributed by atoms with Gasteiger partial charge in [0.05, 0.1) is 6.54 Å². The van der Waals surface area contributed by atoms with Crippen molar-refractivity contribution < 1.29 is 4.79 Å². The van der Waals surface area contributed by atoms with Crippen LogP contribution in [0.2, 0.25) is 0 Å². The maximum absolute atomic E-state index is 11.6. The van der Waals surface area contributed by atoms with Crippen LogP contribution in [0.4, 0.5) is 0 Å². The molecular weight excluding hydrogens is 232 g/mol. The largest absolute Gasteiger partial charge is 0.353 e. The van der Waals surface area contributed by atoms with Gasteiger partial charge in [-0.1, -0.05) is 19.4 Å². The lowest BCUT2D eigenvalue weighted by molar-refractivity contribution is -0.121. The van der Waals surface area contributed by atoms with Gasteiger partial charge in [0, 0.05) is 17.0 Å². The Morgan fingerprint density at radius 2 is 2.24 bits per heavy atom. The van der Waals surface area contributed by atoms with Crippen molar-refractivity contribution in [1.82, 2.24) is 10.6 Å². The van der Waals surface area contributed by atoms with Crippen molar-refractivity contribution in [3.05, 3.63) is 22.4 Å². The van der Waals surface area contributed by atoms with E-state index in [1.165, 1.54) is 4.88 Å². The van der Waals surface area contributed by atoms with Crippen LogP contribution >= 0.6 is 11.3 Å². The second-order valence-electron chi connectivity index (χ2n) is 4.38. The molecule has 0 fully saturated rings. The summed E-state index contributed by atoms with van der Waals surface area (Å²) in [7, 11) is 0. The number of carbonyl (C=O) groups excluding carboxylic acids is 1. The normalized spacial score (nSPS) is 14.3. The van der Waals surface area contributed by atoms with Gasteiger partial charge in [-0.25, -0.2) is 0 Å². The minimum Gasteiger partial charge on any atom is -0.353 e. The molecule has 0 spiro atoms. The van der Waals surface area contributed by atoms with Crippen molar-refractivity contribution in [1.29, 1.82) is 0 Å². The van der Waals surface area contributed by atoms with E-state index in [9.17, 15) is 4.79 Å². The van der Waals surface area contributed by atoms with Crippen molar-refractivity contribution in [3.63, 3.8) is 0 Å². The van der Waals surface area contributed by atoms with Crippen LogP contribution < -0.4 is 10.6 Å². The Hall–Kier alpha value is -0.870. The smallest absolute Gasteiger partial charge is 0.234 e. The van der Waals surface area contributed by atoms with E-state index in [1.54, 1.807) is 11.3 Å². The number of thiophene rings is 1. The first kappa shape index (κ1) is 14.2. The highest BCUT2D eigenvalue weighted by atomic mass is 32.1. The molecule has 0 radical (unpaired) electrons.